The molecule has 0 aliphatic carbocycles. The van der Waals surface area contributed by atoms with Crippen molar-refractivity contribution in [2.24, 2.45) is 0 Å². The number of benzene rings is 2. The standard InChI is InChI=1S/C23H30N2O4/c1-5-20(29-21-12-11-16(2)15-17(21)3)23(27)25-19-10-7-6-9-18(19)22(26)24-13-8-14-28-4/h6-7,9-12,15,20H,5,8,13-14H2,1-4H3,(H,24,26)(H,25,27). The summed E-state index contributed by atoms with van der Waals surface area (Å²) in [6, 6.07) is 12.8. The normalized spacial score (nSPS) is 11.6. The molecule has 2 rings (SSSR count). The van der Waals surface area contributed by atoms with E-state index in [1.807, 2.05) is 39.0 Å². The van der Waals surface area contributed by atoms with Crippen molar-refractivity contribution in [2.45, 2.75) is 39.7 Å². The number of aryl methyl sites for hydroxylation is 2. The summed E-state index contributed by atoms with van der Waals surface area (Å²) in [6.45, 7) is 6.94. The average Bonchev–Trinajstić information content (AvgIpc) is 2.71. The van der Waals surface area contributed by atoms with Crippen LogP contribution in [0.15, 0.2) is 42.5 Å². The van der Waals surface area contributed by atoms with E-state index in [1.54, 1.807) is 31.4 Å². The van der Waals surface area contributed by atoms with Crippen LogP contribution < -0.4 is 15.4 Å². The lowest BCUT2D eigenvalue weighted by atomic mass is 10.1. The molecule has 0 radical (unpaired) electrons. The van der Waals surface area contributed by atoms with Gasteiger partial charge in [0.2, 0.25) is 0 Å². The molecule has 0 aromatic heterocycles. The van der Waals surface area contributed by atoms with Gasteiger partial charge in [0.15, 0.2) is 6.10 Å². The highest BCUT2D eigenvalue weighted by Gasteiger charge is 2.21. The molecule has 0 aliphatic heterocycles. The third-order valence-electron chi connectivity index (χ3n) is 4.50. The number of rotatable bonds is 10. The Hall–Kier alpha value is -2.86. The maximum absolute atomic E-state index is 12.8. The van der Waals surface area contributed by atoms with Gasteiger partial charge in [-0.05, 0) is 50.5 Å². The minimum Gasteiger partial charge on any atom is -0.480 e. The SMILES string of the molecule is CCC(Oc1ccc(C)cc1C)C(=O)Nc1ccccc1C(=O)NCCCOC. The Bertz CT molecular complexity index is 835. The second-order valence-electron chi connectivity index (χ2n) is 6.92. The number of amides is 2. The molecule has 0 saturated heterocycles. The molecule has 0 aliphatic rings. The number of carbonyl (C=O) groups is 2. The van der Waals surface area contributed by atoms with E-state index >= 15 is 0 Å². The Labute approximate surface area is 172 Å². The quantitative estimate of drug-likeness (QED) is 0.596. The first-order chi connectivity index (χ1) is 14.0. The number of carbonyl (C=O) groups excluding carboxylic acids is 2. The molecule has 0 heterocycles. The fraction of sp³-hybridized carbons (Fsp3) is 0.391. The van der Waals surface area contributed by atoms with Crippen molar-refractivity contribution in [2.75, 3.05) is 25.6 Å². The lowest BCUT2D eigenvalue weighted by molar-refractivity contribution is -0.122. The molecule has 1 atom stereocenters. The van der Waals surface area contributed by atoms with Crippen LogP contribution in [-0.4, -0.2) is 38.2 Å². The van der Waals surface area contributed by atoms with Crippen molar-refractivity contribution in [1.82, 2.24) is 5.32 Å². The van der Waals surface area contributed by atoms with Gasteiger partial charge in [-0.2, -0.15) is 0 Å². The molecular formula is C23H30N2O4. The number of methoxy groups -OCH3 is 1. The zero-order valence-electron chi connectivity index (χ0n) is 17.6. The van der Waals surface area contributed by atoms with Crippen molar-refractivity contribution in [1.29, 1.82) is 0 Å². The molecule has 2 amide bonds. The predicted molar refractivity (Wildman–Crippen MR) is 115 cm³/mol. The van der Waals surface area contributed by atoms with E-state index in [0.717, 1.165) is 17.5 Å². The summed E-state index contributed by atoms with van der Waals surface area (Å²) in [6.07, 6.45) is 0.567. The molecule has 2 N–H and O–H groups in total. The van der Waals surface area contributed by atoms with E-state index < -0.39 is 6.10 Å². The Morgan fingerprint density at radius 3 is 2.55 bits per heavy atom. The molecule has 6 nitrogen and oxygen atoms in total. The second kappa shape index (κ2) is 11.2. The van der Waals surface area contributed by atoms with Gasteiger partial charge in [-0.1, -0.05) is 36.8 Å². The first kappa shape index (κ1) is 22.4. The van der Waals surface area contributed by atoms with Crippen molar-refractivity contribution < 1.29 is 19.1 Å². The number of ether oxygens (including phenoxy) is 2. The fourth-order valence-corrected chi connectivity index (χ4v) is 2.92. The highest BCUT2D eigenvalue weighted by atomic mass is 16.5. The summed E-state index contributed by atoms with van der Waals surface area (Å²) in [4.78, 5) is 25.3. The predicted octanol–water partition coefficient (Wildman–Crippen LogP) is 3.87. The van der Waals surface area contributed by atoms with Gasteiger partial charge in [0.1, 0.15) is 5.75 Å². The summed E-state index contributed by atoms with van der Waals surface area (Å²) in [5, 5.41) is 5.69. The number of hydrogen-bond donors (Lipinski definition) is 2. The second-order valence-corrected chi connectivity index (χ2v) is 6.92. The minimum atomic E-state index is -0.658. The Kier molecular flexibility index (Phi) is 8.68. The van der Waals surface area contributed by atoms with E-state index in [4.69, 9.17) is 9.47 Å². The van der Waals surface area contributed by atoms with Gasteiger partial charge in [0.05, 0.1) is 11.3 Å². The lowest BCUT2D eigenvalue weighted by Crippen LogP contribution is -2.34. The highest BCUT2D eigenvalue weighted by Crippen LogP contribution is 2.22. The van der Waals surface area contributed by atoms with Crippen LogP contribution in [0.5, 0.6) is 5.75 Å². The summed E-state index contributed by atoms with van der Waals surface area (Å²) in [7, 11) is 1.62. The van der Waals surface area contributed by atoms with Crippen molar-refractivity contribution in [3.8, 4) is 5.75 Å². The van der Waals surface area contributed by atoms with E-state index in [9.17, 15) is 9.59 Å². The van der Waals surface area contributed by atoms with Crippen molar-refractivity contribution in [3.05, 3.63) is 59.2 Å². The maximum Gasteiger partial charge on any atom is 0.265 e. The number of nitrogens with one attached hydrogen (secondary N) is 2. The first-order valence-electron chi connectivity index (χ1n) is 9.87. The zero-order chi connectivity index (χ0) is 21.2. The molecule has 1 unspecified atom stereocenters. The zero-order valence-corrected chi connectivity index (χ0v) is 17.6. The Morgan fingerprint density at radius 2 is 1.86 bits per heavy atom. The number of para-hydroxylation sites is 1. The van der Waals surface area contributed by atoms with Crippen LogP contribution in [0.4, 0.5) is 5.69 Å². The van der Waals surface area contributed by atoms with E-state index in [0.29, 0.717) is 36.6 Å². The maximum atomic E-state index is 12.8. The van der Waals surface area contributed by atoms with Crippen LogP contribution >= 0.6 is 0 Å². The van der Waals surface area contributed by atoms with Crippen molar-refractivity contribution in [3.63, 3.8) is 0 Å². The third-order valence-corrected chi connectivity index (χ3v) is 4.50. The van der Waals surface area contributed by atoms with Gasteiger partial charge in [0, 0.05) is 20.3 Å². The average molecular weight is 399 g/mol. The van der Waals surface area contributed by atoms with E-state index in [-0.39, 0.29) is 11.8 Å². The van der Waals surface area contributed by atoms with Gasteiger partial charge in [0.25, 0.3) is 11.8 Å². The summed E-state index contributed by atoms with van der Waals surface area (Å²) in [5.41, 5.74) is 2.99. The summed E-state index contributed by atoms with van der Waals surface area (Å²) in [5.74, 6) is 0.161. The van der Waals surface area contributed by atoms with E-state index in [2.05, 4.69) is 10.6 Å². The van der Waals surface area contributed by atoms with Crippen molar-refractivity contribution >= 4 is 17.5 Å². The van der Waals surface area contributed by atoms with Gasteiger partial charge < -0.3 is 20.1 Å². The van der Waals surface area contributed by atoms with Crippen LogP contribution in [0, 0.1) is 13.8 Å². The Balaban J connectivity index is 2.07. The highest BCUT2D eigenvalue weighted by molar-refractivity contribution is 6.04. The monoisotopic (exact) mass is 398 g/mol. The summed E-state index contributed by atoms with van der Waals surface area (Å²) < 4.78 is 10.9. The molecular weight excluding hydrogens is 368 g/mol. The first-order valence-corrected chi connectivity index (χ1v) is 9.87. The fourth-order valence-electron chi connectivity index (χ4n) is 2.92. The molecule has 29 heavy (non-hydrogen) atoms. The van der Waals surface area contributed by atoms with Gasteiger partial charge in [-0.25, -0.2) is 0 Å². The molecule has 0 fully saturated rings. The summed E-state index contributed by atoms with van der Waals surface area (Å²) >= 11 is 0. The van der Waals surface area contributed by atoms with Gasteiger partial charge >= 0.3 is 0 Å². The minimum absolute atomic E-state index is 0.236. The molecule has 6 heteroatoms. The molecule has 2 aromatic carbocycles. The number of anilines is 1. The lowest BCUT2D eigenvalue weighted by Gasteiger charge is -2.20. The van der Waals surface area contributed by atoms with Gasteiger partial charge in [-0.15, -0.1) is 0 Å². The molecule has 156 valence electrons. The van der Waals surface area contributed by atoms with E-state index in [1.165, 1.54) is 0 Å². The molecule has 0 bridgehead atoms. The third kappa shape index (κ3) is 6.61. The Morgan fingerprint density at radius 1 is 1.10 bits per heavy atom. The van der Waals surface area contributed by atoms with Crippen LogP contribution in [-0.2, 0) is 9.53 Å². The largest absolute Gasteiger partial charge is 0.480 e. The smallest absolute Gasteiger partial charge is 0.265 e. The van der Waals surface area contributed by atoms with Crippen LogP contribution in [0.2, 0.25) is 0 Å². The molecule has 0 spiro atoms. The van der Waals surface area contributed by atoms with Gasteiger partial charge in [-0.3, -0.25) is 9.59 Å². The number of hydrogen-bond acceptors (Lipinski definition) is 4. The molecule has 2 aromatic rings. The van der Waals surface area contributed by atoms with Crippen LogP contribution in [0.1, 0.15) is 41.3 Å². The van der Waals surface area contributed by atoms with Crippen LogP contribution in [0.25, 0.3) is 0 Å². The molecule has 0 saturated carbocycles. The topological polar surface area (TPSA) is 76.7 Å². The van der Waals surface area contributed by atoms with Crippen LogP contribution in [0.3, 0.4) is 0 Å².